The Hall–Kier alpha value is -2.91. The Morgan fingerprint density at radius 1 is 0.865 bits per heavy atom. The number of carbonyl (C=O) groups is 1. The fraction of sp³-hybridized carbons (Fsp3) is 0.296. The molecule has 0 radical (unpaired) electrons. The van der Waals surface area contributed by atoms with Crippen molar-refractivity contribution in [2.24, 2.45) is 0 Å². The highest BCUT2D eigenvalue weighted by Crippen LogP contribution is 2.50. The largest absolute Gasteiger partial charge is 0.440 e. The van der Waals surface area contributed by atoms with Crippen LogP contribution in [0.3, 0.4) is 0 Å². The van der Waals surface area contributed by atoms with E-state index in [-0.39, 0.29) is 22.1 Å². The second-order valence-corrected chi connectivity index (χ2v) is 9.97. The maximum Gasteiger partial charge on any atom is 0.307 e. The van der Waals surface area contributed by atoms with Gasteiger partial charge in [0, 0.05) is 42.6 Å². The fourth-order valence-corrected chi connectivity index (χ4v) is 5.54. The van der Waals surface area contributed by atoms with E-state index in [2.05, 4.69) is 0 Å². The van der Waals surface area contributed by atoms with Crippen molar-refractivity contribution in [2.45, 2.75) is 24.4 Å². The molecule has 3 aromatic rings. The van der Waals surface area contributed by atoms with Crippen molar-refractivity contribution >= 4 is 29.1 Å². The van der Waals surface area contributed by atoms with Gasteiger partial charge < -0.3 is 23.8 Å². The van der Waals surface area contributed by atoms with E-state index in [4.69, 9.17) is 42.1 Å². The molecule has 0 bridgehead atoms. The summed E-state index contributed by atoms with van der Waals surface area (Å²) in [5.74, 6) is -3.76. The van der Waals surface area contributed by atoms with Gasteiger partial charge in [-0.15, -0.1) is 0 Å². The van der Waals surface area contributed by atoms with Crippen LogP contribution in [-0.4, -0.2) is 42.9 Å². The van der Waals surface area contributed by atoms with Crippen molar-refractivity contribution in [1.82, 2.24) is 4.90 Å². The highest BCUT2D eigenvalue weighted by atomic mass is 35.5. The smallest absolute Gasteiger partial charge is 0.307 e. The lowest BCUT2D eigenvalue weighted by atomic mass is 9.97. The molecule has 1 atom stereocenters. The van der Waals surface area contributed by atoms with Crippen molar-refractivity contribution in [3.05, 3.63) is 93.0 Å². The van der Waals surface area contributed by atoms with Gasteiger partial charge in [-0.1, -0.05) is 23.2 Å². The first-order valence-corrected chi connectivity index (χ1v) is 12.5. The maximum atomic E-state index is 15.3. The summed E-state index contributed by atoms with van der Waals surface area (Å²) in [6.07, 6.45) is 1.02. The van der Waals surface area contributed by atoms with E-state index in [0.717, 1.165) is 6.07 Å². The molecule has 6 nitrogen and oxygen atoms in total. The molecule has 1 spiro atoms. The zero-order chi connectivity index (χ0) is 25.8. The van der Waals surface area contributed by atoms with E-state index in [1.165, 1.54) is 36.4 Å². The Morgan fingerprint density at radius 2 is 1.51 bits per heavy atom. The predicted molar refractivity (Wildman–Crippen MR) is 131 cm³/mol. The van der Waals surface area contributed by atoms with E-state index in [0.29, 0.717) is 55.3 Å². The number of amides is 1. The number of fused-ring (bicyclic) bond motifs is 1. The van der Waals surface area contributed by atoms with Gasteiger partial charge in [-0.25, -0.2) is 8.78 Å². The molecule has 2 fully saturated rings. The number of piperidine rings is 1. The lowest BCUT2D eigenvalue weighted by Crippen LogP contribution is -2.47. The van der Waals surface area contributed by atoms with Crippen LogP contribution in [0.2, 0.25) is 10.0 Å². The molecule has 10 heteroatoms. The minimum absolute atomic E-state index is 0.0785. The van der Waals surface area contributed by atoms with Crippen LogP contribution in [0.5, 0.6) is 11.5 Å². The van der Waals surface area contributed by atoms with Crippen LogP contribution in [0, 0.1) is 11.6 Å². The van der Waals surface area contributed by atoms with Crippen LogP contribution in [0.25, 0.3) is 0 Å². The number of carbonyl (C=O) groups excluding carboxylic acids is 1. The van der Waals surface area contributed by atoms with Gasteiger partial charge in [0.1, 0.15) is 11.6 Å². The predicted octanol–water partition coefficient (Wildman–Crippen LogP) is 5.92. The lowest BCUT2D eigenvalue weighted by molar-refractivity contribution is -0.181. The Kier molecular flexibility index (Phi) is 6.03. The third kappa shape index (κ3) is 4.22. The fourth-order valence-electron chi connectivity index (χ4n) is 5.00. The van der Waals surface area contributed by atoms with Crippen LogP contribution in [0.15, 0.2) is 54.6 Å². The first-order chi connectivity index (χ1) is 17.8. The summed E-state index contributed by atoms with van der Waals surface area (Å²) in [4.78, 5) is 14.9. The average molecular weight is 548 g/mol. The van der Waals surface area contributed by atoms with E-state index >= 15 is 4.39 Å². The molecule has 3 aromatic carbocycles. The van der Waals surface area contributed by atoms with E-state index in [1.54, 1.807) is 17.0 Å². The molecule has 0 aromatic heterocycles. The van der Waals surface area contributed by atoms with Gasteiger partial charge in [0.2, 0.25) is 0 Å². The summed E-state index contributed by atoms with van der Waals surface area (Å²) < 4.78 is 52.9. The van der Waals surface area contributed by atoms with Crippen LogP contribution < -0.4 is 9.47 Å². The van der Waals surface area contributed by atoms with Gasteiger partial charge in [0.25, 0.3) is 5.91 Å². The van der Waals surface area contributed by atoms with E-state index < -0.39 is 29.1 Å². The normalized spacial score (nSPS) is 22.0. The second kappa shape index (κ2) is 9.13. The summed E-state index contributed by atoms with van der Waals surface area (Å²) in [5.41, 5.74) is 0.650. The second-order valence-electron chi connectivity index (χ2n) is 9.13. The van der Waals surface area contributed by atoms with Crippen molar-refractivity contribution < 1.29 is 32.5 Å². The molecule has 0 N–H and O–H groups in total. The summed E-state index contributed by atoms with van der Waals surface area (Å²) in [6, 6.07) is 12.7. The zero-order valence-electron chi connectivity index (χ0n) is 19.4. The van der Waals surface area contributed by atoms with Crippen molar-refractivity contribution in [3.8, 4) is 11.5 Å². The summed E-state index contributed by atoms with van der Waals surface area (Å²) in [6.45, 7) is 1.79. The highest BCUT2D eigenvalue weighted by Gasteiger charge is 2.48. The van der Waals surface area contributed by atoms with Crippen LogP contribution in [-0.2, 0) is 15.3 Å². The van der Waals surface area contributed by atoms with E-state index in [9.17, 15) is 9.18 Å². The number of nitrogens with zero attached hydrogens (tertiary/aromatic N) is 1. The molecule has 3 aliphatic heterocycles. The quantitative estimate of drug-likeness (QED) is 0.407. The van der Waals surface area contributed by atoms with Crippen molar-refractivity contribution in [2.75, 3.05) is 26.3 Å². The molecule has 6 rings (SSSR count). The topological polar surface area (TPSA) is 57.2 Å². The molecule has 3 heterocycles. The SMILES string of the molecule is O=C(c1cc2c(cc1F)OC(c1ccc(F)cc1)(c1ccc(Cl)cc1Cl)O2)N1CCC2(CC1)OCCO2. The molecule has 0 saturated carbocycles. The molecule has 2 saturated heterocycles. The average Bonchev–Trinajstić information content (AvgIpc) is 3.49. The first-order valence-electron chi connectivity index (χ1n) is 11.8. The number of benzene rings is 3. The number of hydrogen-bond acceptors (Lipinski definition) is 5. The number of halogens is 4. The minimum atomic E-state index is -1.65. The van der Waals surface area contributed by atoms with Crippen LogP contribution in [0.1, 0.15) is 34.3 Å². The maximum absolute atomic E-state index is 15.3. The zero-order valence-corrected chi connectivity index (χ0v) is 21.0. The molecular formula is C27H21Cl2F2NO5. The standard InChI is InChI=1S/C27H21Cl2F2NO5/c28-17-3-6-20(21(29)13-17)27(16-1-4-18(30)5-2-16)36-23-14-19(22(31)15-24(23)37-27)25(33)32-9-7-26(8-10-32)34-11-12-35-26/h1-6,13-15H,7-12H2. The van der Waals surface area contributed by atoms with Gasteiger partial charge in [-0.2, -0.15) is 0 Å². The van der Waals surface area contributed by atoms with Gasteiger partial charge in [-0.05, 0) is 48.5 Å². The van der Waals surface area contributed by atoms with Crippen LogP contribution in [0.4, 0.5) is 8.78 Å². The lowest BCUT2D eigenvalue weighted by Gasteiger charge is -2.37. The first kappa shape index (κ1) is 24.4. The Balaban J connectivity index is 1.34. The van der Waals surface area contributed by atoms with Gasteiger partial charge in [0.15, 0.2) is 17.3 Å². The molecule has 192 valence electrons. The van der Waals surface area contributed by atoms with Gasteiger partial charge in [0.05, 0.1) is 29.4 Å². The highest BCUT2D eigenvalue weighted by molar-refractivity contribution is 6.35. The molecule has 1 amide bonds. The molecule has 37 heavy (non-hydrogen) atoms. The monoisotopic (exact) mass is 547 g/mol. The number of rotatable bonds is 3. The van der Waals surface area contributed by atoms with Crippen molar-refractivity contribution in [1.29, 1.82) is 0 Å². The van der Waals surface area contributed by atoms with E-state index in [1.807, 2.05) is 0 Å². The van der Waals surface area contributed by atoms with Crippen molar-refractivity contribution in [3.63, 3.8) is 0 Å². The third-order valence-corrected chi connectivity index (χ3v) is 7.45. The van der Waals surface area contributed by atoms with Crippen LogP contribution >= 0.6 is 23.2 Å². The Bertz CT molecular complexity index is 1370. The Morgan fingerprint density at radius 3 is 2.16 bits per heavy atom. The number of ether oxygens (including phenoxy) is 4. The summed E-state index contributed by atoms with van der Waals surface area (Å²) in [5, 5.41) is 0.633. The molecular weight excluding hydrogens is 527 g/mol. The summed E-state index contributed by atoms with van der Waals surface area (Å²) in [7, 11) is 0. The number of hydrogen-bond donors (Lipinski definition) is 0. The summed E-state index contributed by atoms with van der Waals surface area (Å²) >= 11 is 12.6. The number of likely N-dealkylation sites (tertiary alicyclic amines) is 1. The molecule has 3 aliphatic rings. The van der Waals surface area contributed by atoms with Gasteiger partial charge in [-0.3, -0.25) is 4.79 Å². The minimum Gasteiger partial charge on any atom is -0.440 e. The van der Waals surface area contributed by atoms with Gasteiger partial charge >= 0.3 is 5.79 Å². The molecule has 1 unspecified atom stereocenters. The molecule has 0 aliphatic carbocycles. The third-order valence-electron chi connectivity index (χ3n) is 6.91. The Labute approximate surface area is 221 Å².